The molecule has 0 bridgehead atoms. The predicted octanol–water partition coefficient (Wildman–Crippen LogP) is 3.48. The summed E-state index contributed by atoms with van der Waals surface area (Å²) in [5.41, 5.74) is 1.46. The minimum Gasteiger partial charge on any atom is -0.497 e. The average molecular weight is 358 g/mol. The smallest absolute Gasteiger partial charge is 0.331 e. The first-order valence-corrected chi connectivity index (χ1v) is 7.89. The fourth-order valence-electron chi connectivity index (χ4n) is 2.31. The molecule has 0 fully saturated rings. The van der Waals surface area contributed by atoms with Crippen LogP contribution in [0.15, 0.2) is 42.5 Å². The van der Waals surface area contributed by atoms with Crippen molar-refractivity contribution in [1.82, 2.24) is 0 Å². The summed E-state index contributed by atoms with van der Waals surface area (Å²) in [6, 6.07) is 10.6. The van der Waals surface area contributed by atoms with Gasteiger partial charge >= 0.3 is 5.97 Å². The highest BCUT2D eigenvalue weighted by Crippen LogP contribution is 2.26. The second kappa shape index (κ2) is 9.36. The Hall–Kier alpha value is -3.15. The second-order valence-electron chi connectivity index (χ2n) is 5.23. The Labute approximate surface area is 152 Å². The molecular formula is C20H22O6. The molecule has 0 N–H and O–H groups in total. The Morgan fingerprint density at radius 1 is 0.846 bits per heavy atom. The minimum atomic E-state index is -0.479. The van der Waals surface area contributed by atoms with Crippen molar-refractivity contribution >= 4 is 12.0 Å². The summed E-state index contributed by atoms with van der Waals surface area (Å²) in [4.78, 5) is 12.0. The molecule has 2 aromatic rings. The highest BCUT2D eigenvalue weighted by molar-refractivity contribution is 5.87. The fourth-order valence-corrected chi connectivity index (χ4v) is 2.31. The summed E-state index contributed by atoms with van der Waals surface area (Å²) in [7, 11) is 6.26. The summed E-state index contributed by atoms with van der Waals surface area (Å²) >= 11 is 0. The molecular weight excluding hydrogens is 336 g/mol. The maximum Gasteiger partial charge on any atom is 0.331 e. The molecule has 0 atom stereocenters. The lowest BCUT2D eigenvalue weighted by Gasteiger charge is -2.10. The van der Waals surface area contributed by atoms with Gasteiger partial charge in [0.15, 0.2) is 0 Å². The SMILES string of the molecule is COc1ccc(OC)c(COC(=O)/C=C/c2ccc(OC)cc2OC)c1. The number of benzene rings is 2. The van der Waals surface area contributed by atoms with Gasteiger partial charge in [0.05, 0.1) is 28.4 Å². The third-order valence-corrected chi connectivity index (χ3v) is 3.70. The highest BCUT2D eigenvalue weighted by Gasteiger charge is 2.08. The number of hydrogen-bond acceptors (Lipinski definition) is 6. The molecule has 0 amide bonds. The Balaban J connectivity index is 2.04. The standard InChI is InChI=1S/C20H22O6/c1-22-16-8-9-18(24-3)15(11-16)13-26-20(21)10-6-14-5-7-17(23-2)12-19(14)25-4/h5-12H,13H2,1-4H3/b10-6+. The zero-order chi connectivity index (χ0) is 18.9. The molecule has 0 aliphatic rings. The van der Waals surface area contributed by atoms with Gasteiger partial charge in [0.2, 0.25) is 0 Å². The highest BCUT2D eigenvalue weighted by atomic mass is 16.5. The van der Waals surface area contributed by atoms with Gasteiger partial charge in [0.1, 0.15) is 29.6 Å². The van der Waals surface area contributed by atoms with E-state index in [1.54, 1.807) is 70.9 Å². The van der Waals surface area contributed by atoms with Crippen LogP contribution in [0.2, 0.25) is 0 Å². The molecule has 0 aromatic heterocycles. The number of methoxy groups -OCH3 is 4. The van der Waals surface area contributed by atoms with Crippen LogP contribution in [0.3, 0.4) is 0 Å². The van der Waals surface area contributed by atoms with Crippen LogP contribution in [0.4, 0.5) is 0 Å². The van der Waals surface area contributed by atoms with E-state index in [-0.39, 0.29) is 6.61 Å². The molecule has 0 aliphatic heterocycles. The second-order valence-corrected chi connectivity index (χ2v) is 5.23. The molecule has 2 rings (SSSR count). The first-order valence-electron chi connectivity index (χ1n) is 7.89. The van der Waals surface area contributed by atoms with Crippen LogP contribution >= 0.6 is 0 Å². The lowest BCUT2D eigenvalue weighted by atomic mass is 10.1. The third-order valence-electron chi connectivity index (χ3n) is 3.70. The topological polar surface area (TPSA) is 63.2 Å². The molecule has 0 saturated heterocycles. The van der Waals surface area contributed by atoms with Gasteiger partial charge in [-0.15, -0.1) is 0 Å². The lowest BCUT2D eigenvalue weighted by Crippen LogP contribution is -2.03. The van der Waals surface area contributed by atoms with Crippen molar-refractivity contribution < 1.29 is 28.5 Å². The number of rotatable bonds is 8. The summed E-state index contributed by atoms with van der Waals surface area (Å²) in [5.74, 6) is 2.08. The van der Waals surface area contributed by atoms with Crippen molar-refractivity contribution in [2.45, 2.75) is 6.61 Å². The van der Waals surface area contributed by atoms with Crippen LogP contribution in [0.25, 0.3) is 6.08 Å². The van der Waals surface area contributed by atoms with Gasteiger partial charge in [-0.25, -0.2) is 4.79 Å². The zero-order valence-corrected chi connectivity index (χ0v) is 15.3. The number of ether oxygens (including phenoxy) is 5. The Bertz CT molecular complexity index is 782. The van der Waals surface area contributed by atoms with E-state index in [1.165, 1.54) is 6.08 Å². The zero-order valence-electron chi connectivity index (χ0n) is 15.3. The molecule has 0 spiro atoms. The number of carbonyl (C=O) groups is 1. The molecule has 0 saturated carbocycles. The van der Waals surface area contributed by atoms with Crippen LogP contribution in [0, 0.1) is 0 Å². The van der Waals surface area contributed by atoms with Gasteiger partial charge in [0.25, 0.3) is 0 Å². The van der Waals surface area contributed by atoms with Gasteiger partial charge in [-0.2, -0.15) is 0 Å². The van der Waals surface area contributed by atoms with E-state index < -0.39 is 5.97 Å². The number of esters is 1. The van der Waals surface area contributed by atoms with Crippen LogP contribution < -0.4 is 18.9 Å². The van der Waals surface area contributed by atoms with Crippen molar-refractivity contribution in [3.8, 4) is 23.0 Å². The molecule has 0 heterocycles. The maximum atomic E-state index is 12.0. The molecule has 138 valence electrons. The van der Waals surface area contributed by atoms with Gasteiger partial charge in [-0.3, -0.25) is 0 Å². The number of carbonyl (C=O) groups excluding carboxylic acids is 1. The Morgan fingerprint density at radius 3 is 2.15 bits per heavy atom. The lowest BCUT2D eigenvalue weighted by molar-refractivity contribution is -0.138. The van der Waals surface area contributed by atoms with Crippen molar-refractivity contribution in [2.75, 3.05) is 28.4 Å². The average Bonchev–Trinajstić information content (AvgIpc) is 2.70. The van der Waals surface area contributed by atoms with E-state index >= 15 is 0 Å². The monoisotopic (exact) mass is 358 g/mol. The van der Waals surface area contributed by atoms with Crippen LogP contribution in [0.1, 0.15) is 11.1 Å². The van der Waals surface area contributed by atoms with E-state index in [1.807, 2.05) is 0 Å². The third kappa shape index (κ3) is 4.92. The first kappa shape index (κ1) is 19.2. The summed E-state index contributed by atoms with van der Waals surface area (Å²) in [6.45, 7) is 0.0727. The van der Waals surface area contributed by atoms with Crippen molar-refractivity contribution in [3.63, 3.8) is 0 Å². The summed E-state index contributed by atoms with van der Waals surface area (Å²) in [6.07, 6.45) is 2.97. The van der Waals surface area contributed by atoms with Gasteiger partial charge in [-0.05, 0) is 36.4 Å². The van der Waals surface area contributed by atoms with Crippen molar-refractivity contribution in [1.29, 1.82) is 0 Å². The van der Waals surface area contributed by atoms with E-state index in [0.717, 1.165) is 11.1 Å². The molecule has 0 radical (unpaired) electrons. The molecule has 6 nitrogen and oxygen atoms in total. The Morgan fingerprint density at radius 2 is 1.50 bits per heavy atom. The summed E-state index contributed by atoms with van der Waals surface area (Å²) in [5, 5.41) is 0. The maximum absolute atomic E-state index is 12.0. The first-order chi connectivity index (χ1) is 12.6. The fraction of sp³-hybridized carbons (Fsp3) is 0.250. The van der Waals surface area contributed by atoms with Gasteiger partial charge in [0, 0.05) is 23.3 Å². The van der Waals surface area contributed by atoms with Crippen molar-refractivity contribution in [3.05, 3.63) is 53.6 Å². The van der Waals surface area contributed by atoms with Crippen molar-refractivity contribution in [2.24, 2.45) is 0 Å². The van der Waals surface area contributed by atoms with Crippen LogP contribution in [0.5, 0.6) is 23.0 Å². The Kier molecular flexibility index (Phi) is 6.91. The molecule has 26 heavy (non-hydrogen) atoms. The summed E-state index contributed by atoms with van der Waals surface area (Å²) < 4.78 is 26.2. The van der Waals surface area contributed by atoms with E-state index in [2.05, 4.69) is 0 Å². The van der Waals surface area contributed by atoms with Gasteiger partial charge < -0.3 is 23.7 Å². The predicted molar refractivity (Wildman–Crippen MR) is 97.9 cm³/mol. The molecule has 0 unspecified atom stereocenters. The molecule has 6 heteroatoms. The number of hydrogen-bond donors (Lipinski definition) is 0. The van der Waals surface area contributed by atoms with Crippen LogP contribution in [-0.2, 0) is 16.1 Å². The van der Waals surface area contributed by atoms with E-state index in [0.29, 0.717) is 23.0 Å². The largest absolute Gasteiger partial charge is 0.497 e. The normalized spacial score (nSPS) is 10.5. The van der Waals surface area contributed by atoms with Gasteiger partial charge in [-0.1, -0.05) is 0 Å². The van der Waals surface area contributed by atoms with Crippen LogP contribution in [-0.4, -0.2) is 34.4 Å². The van der Waals surface area contributed by atoms with E-state index in [9.17, 15) is 4.79 Å². The quantitative estimate of drug-likeness (QED) is 0.532. The van der Waals surface area contributed by atoms with E-state index in [4.69, 9.17) is 23.7 Å². The molecule has 2 aromatic carbocycles. The molecule has 0 aliphatic carbocycles. The minimum absolute atomic E-state index is 0.0727.